The van der Waals surface area contributed by atoms with Crippen LogP contribution in [0.2, 0.25) is 5.02 Å². The summed E-state index contributed by atoms with van der Waals surface area (Å²) in [6.45, 7) is 3.88. The van der Waals surface area contributed by atoms with Crippen LogP contribution in [0, 0.1) is 6.92 Å². The van der Waals surface area contributed by atoms with Crippen LogP contribution in [0.4, 0.5) is 11.5 Å². The van der Waals surface area contributed by atoms with Crippen LogP contribution in [0.1, 0.15) is 34.6 Å². The number of furan rings is 1. The molecule has 2 aromatic carbocycles. The van der Waals surface area contributed by atoms with Crippen LogP contribution in [0.5, 0.6) is 0 Å². The highest BCUT2D eigenvalue weighted by Gasteiger charge is 2.17. The number of hydrogen-bond donors (Lipinski definition) is 2. The van der Waals surface area contributed by atoms with Gasteiger partial charge < -0.3 is 15.1 Å². The Kier molecular flexibility index (Phi) is 5.23. The molecule has 0 saturated carbocycles. The maximum Gasteiger partial charge on any atom is 0.270 e. The number of nitrogens with zero attached hydrogens (tertiary/aromatic N) is 1. The fourth-order valence-electron chi connectivity index (χ4n) is 3.08. The van der Waals surface area contributed by atoms with Crippen molar-refractivity contribution in [3.63, 3.8) is 0 Å². The van der Waals surface area contributed by atoms with E-state index in [9.17, 15) is 4.79 Å². The molecule has 1 atom stereocenters. The highest BCUT2D eigenvalue weighted by molar-refractivity contribution is 6.31. The zero-order valence-electron chi connectivity index (χ0n) is 16.1. The van der Waals surface area contributed by atoms with E-state index in [1.54, 1.807) is 12.3 Å². The molecule has 5 nitrogen and oxygen atoms in total. The van der Waals surface area contributed by atoms with Gasteiger partial charge in [-0.25, -0.2) is 4.98 Å². The van der Waals surface area contributed by atoms with Gasteiger partial charge in [0.25, 0.3) is 5.91 Å². The Morgan fingerprint density at radius 1 is 1.10 bits per heavy atom. The van der Waals surface area contributed by atoms with Crippen molar-refractivity contribution in [2.45, 2.75) is 19.9 Å². The zero-order chi connectivity index (χ0) is 20.4. The first-order valence-electron chi connectivity index (χ1n) is 9.28. The predicted molar refractivity (Wildman–Crippen MR) is 116 cm³/mol. The van der Waals surface area contributed by atoms with Crippen molar-refractivity contribution in [1.82, 2.24) is 10.3 Å². The number of rotatable bonds is 5. The maximum atomic E-state index is 12.8. The summed E-state index contributed by atoms with van der Waals surface area (Å²) in [5.74, 6) is 0.262. The molecule has 146 valence electrons. The number of halogens is 1. The van der Waals surface area contributed by atoms with Crippen LogP contribution < -0.4 is 10.6 Å². The molecule has 0 aliphatic heterocycles. The van der Waals surface area contributed by atoms with Gasteiger partial charge in [0.05, 0.1) is 17.7 Å². The average Bonchev–Trinajstić information content (AvgIpc) is 3.20. The highest BCUT2D eigenvalue weighted by atomic mass is 35.5. The lowest BCUT2D eigenvalue weighted by atomic mass is 10.1. The molecular formula is C23H20ClN3O2. The molecule has 0 bridgehead atoms. The number of pyridine rings is 1. The van der Waals surface area contributed by atoms with Gasteiger partial charge in [0.2, 0.25) is 0 Å². The van der Waals surface area contributed by atoms with E-state index < -0.39 is 0 Å². The minimum Gasteiger partial charge on any atom is -0.464 e. The molecule has 1 amide bonds. The van der Waals surface area contributed by atoms with E-state index in [2.05, 4.69) is 15.6 Å². The van der Waals surface area contributed by atoms with Crippen molar-refractivity contribution in [3.8, 4) is 0 Å². The Bertz CT molecular complexity index is 1170. The molecular weight excluding hydrogens is 386 g/mol. The summed E-state index contributed by atoms with van der Waals surface area (Å²) >= 11 is 6.23. The number of carbonyl (C=O) groups is 1. The van der Waals surface area contributed by atoms with E-state index >= 15 is 0 Å². The summed E-state index contributed by atoms with van der Waals surface area (Å²) in [6, 6.07) is 18.8. The van der Waals surface area contributed by atoms with E-state index in [1.807, 2.05) is 68.4 Å². The number of hydrogen-bond acceptors (Lipinski definition) is 4. The van der Waals surface area contributed by atoms with E-state index in [-0.39, 0.29) is 17.6 Å². The lowest BCUT2D eigenvalue weighted by molar-refractivity contribution is 0.0935. The van der Waals surface area contributed by atoms with Gasteiger partial charge in [-0.3, -0.25) is 4.79 Å². The Morgan fingerprint density at radius 2 is 1.90 bits per heavy atom. The van der Waals surface area contributed by atoms with Crippen LogP contribution >= 0.6 is 11.6 Å². The second-order valence-corrected chi connectivity index (χ2v) is 7.29. The molecule has 6 heteroatoms. The smallest absolute Gasteiger partial charge is 0.270 e. The third-order valence-electron chi connectivity index (χ3n) is 4.76. The maximum absolute atomic E-state index is 12.8. The second kappa shape index (κ2) is 7.97. The quantitative estimate of drug-likeness (QED) is 0.425. The van der Waals surface area contributed by atoms with E-state index in [0.29, 0.717) is 16.4 Å². The van der Waals surface area contributed by atoms with Crippen LogP contribution in [0.15, 0.2) is 71.3 Å². The molecule has 0 spiro atoms. The summed E-state index contributed by atoms with van der Waals surface area (Å²) in [4.78, 5) is 17.4. The Hall–Kier alpha value is -3.31. The number of aromatic nitrogens is 1. The van der Waals surface area contributed by atoms with Gasteiger partial charge in [0.1, 0.15) is 17.1 Å². The number of amides is 1. The molecule has 4 rings (SSSR count). The molecule has 0 radical (unpaired) electrons. The number of carbonyl (C=O) groups excluding carboxylic acids is 1. The molecule has 4 aromatic rings. The number of fused-ring (bicyclic) bond motifs is 1. The molecule has 0 aliphatic carbocycles. The van der Waals surface area contributed by atoms with Crippen molar-refractivity contribution in [1.29, 1.82) is 0 Å². The Labute approximate surface area is 173 Å². The fourth-order valence-corrected chi connectivity index (χ4v) is 3.26. The van der Waals surface area contributed by atoms with Gasteiger partial charge in [-0.1, -0.05) is 48.0 Å². The van der Waals surface area contributed by atoms with Crippen molar-refractivity contribution in [2.24, 2.45) is 0 Å². The number of benzene rings is 2. The van der Waals surface area contributed by atoms with Crippen molar-refractivity contribution < 1.29 is 9.21 Å². The SMILES string of the molecule is Cc1ccc(Nc2nc(C(=O)NC(C)c3ccccc3)cc3occc23)cc1Cl. The van der Waals surface area contributed by atoms with E-state index in [1.165, 1.54) is 0 Å². The average molecular weight is 406 g/mol. The summed E-state index contributed by atoms with van der Waals surface area (Å²) in [5.41, 5.74) is 3.65. The van der Waals surface area contributed by atoms with E-state index in [0.717, 1.165) is 22.2 Å². The lowest BCUT2D eigenvalue weighted by Crippen LogP contribution is -2.27. The molecule has 1 unspecified atom stereocenters. The third-order valence-corrected chi connectivity index (χ3v) is 5.17. The van der Waals surface area contributed by atoms with Crippen molar-refractivity contribution >= 4 is 40.0 Å². The van der Waals surface area contributed by atoms with Gasteiger partial charge >= 0.3 is 0 Å². The fraction of sp³-hybridized carbons (Fsp3) is 0.130. The Morgan fingerprint density at radius 3 is 2.66 bits per heavy atom. The summed E-state index contributed by atoms with van der Waals surface area (Å²) in [6.07, 6.45) is 1.58. The zero-order valence-corrected chi connectivity index (χ0v) is 16.8. The molecule has 2 heterocycles. The minimum absolute atomic E-state index is 0.148. The minimum atomic E-state index is -0.273. The molecule has 2 aromatic heterocycles. The van der Waals surface area contributed by atoms with Crippen molar-refractivity contribution in [3.05, 3.63) is 88.8 Å². The second-order valence-electron chi connectivity index (χ2n) is 6.88. The van der Waals surface area contributed by atoms with Gasteiger partial charge in [-0.2, -0.15) is 0 Å². The topological polar surface area (TPSA) is 67.2 Å². The van der Waals surface area contributed by atoms with Gasteiger partial charge in [0, 0.05) is 16.8 Å². The van der Waals surface area contributed by atoms with Crippen LogP contribution in [0.25, 0.3) is 11.0 Å². The first kappa shape index (κ1) is 19.0. The van der Waals surface area contributed by atoms with Crippen LogP contribution in [-0.2, 0) is 0 Å². The van der Waals surface area contributed by atoms with Crippen molar-refractivity contribution in [2.75, 3.05) is 5.32 Å². The normalized spacial score (nSPS) is 12.0. The highest BCUT2D eigenvalue weighted by Crippen LogP contribution is 2.28. The summed E-state index contributed by atoms with van der Waals surface area (Å²) < 4.78 is 5.53. The predicted octanol–water partition coefficient (Wildman–Crippen LogP) is 6.02. The van der Waals surface area contributed by atoms with E-state index in [4.69, 9.17) is 16.0 Å². The largest absolute Gasteiger partial charge is 0.464 e. The molecule has 0 aliphatic rings. The standard InChI is InChI=1S/C23H20ClN3O2/c1-14-8-9-17(12-19(14)24)26-22-18-10-11-29-21(18)13-20(27-22)23(28)25-15(2)16-6-4-3-5-7-16/h3-13,15H,1-2H3,(H,25,28)(H,26,27). The summed E-state index contributed by atoms with van der Waals surface area (Å²) in [5, 5.41) is 7.67. The van der Waals surface area contributed by atoms with Crippen LogP contribution in [-0.4, -0.2) is 10.9 Å². The molecule has 0 saturated heterocycles. The number of aryl methyl sites for hydroxylation is 1. The molecule has 2 N–H and O–H groups in total. The van der Waals surface area contributed by atoms with Gasteiger partial charge in [-0.15, -0.1) is 0 Å². The Balaban J connectivity index is 1.63. The molecule has 29 heavy (non-hydrogen) atoms. The lowest BCUT2D eigenvalue weighted by Gasteiger charge is -2.15. The number of anilines is 2. The first-order valence-corrected chi connectivity index (χ1v) is 9.66. The molecule has 0 fully saturated rings. The monoisotopic (exact) mass is 405 g/mol. The number of nitrogens with one attached hydrogen (secondary N) is 2. The van der Waals surface area contributed by atoms with Gasteiger partial charge in [-0.05, 0) is 43.2 Å². The van der Waals surface area contributed by atoms with Crippen LogP contribution in [0.3, 0.4) is 0 Å². The first-order chi connectivity index (χ1) is 14.0. The summed E-state index contributed by atoms with van der Waals surface area (Å²) in [7, 11) is 0. The van der Waals surface area contributed by atoms with Gasteiger partial charge in [0.15, 0.2) is 0 Å². The third kappa shape index (κ3) is 4.10.